The first-order valence-electron chi connectivity index (χ1n) is 5.14. The Bertz CT molecular complexity index is 527. The molecule has 0 fully saturated rings. The van der Waals surface area contributed by atoms with E-state index < -0.39 is 0 Å². The molecule has 16 heavy (non-hydrogen) atoms. The Hall–Kier alpha value is -1.49. The Labute approximate surface area is 97.9 Å². The summed E-state index contributed by atoms with van der Waals surface area (Å²) in [5.41, 5.74) is 2.65. The van der Waals surface area contributed by atoms with E-state index in [-0.39, 0.29) is 0 Å². The molecule has 4 nitrogen and oxygen atoms in total. The Balaban J connectivity index is 2.54. The van der Waals surface area contributed by atoms with E-state index >= 15 is 0 Å². The minimum absolute atomic E-state index is 0.714. The second-order valence-corrected chi connectivity index (χ2v) is 4.65. The van der Waals surface area contributed by atoms with Crippen molar-refractivity contribution in [2.45, 2.75) is 27.2 Å². The standard InChI is InChI=1S/C11H13N3OS/c1-4-10-12-13-11(16-10)14-7(2)5-9(6-15)8(14)3/h5-6H,4H2,1-3H3. The Morgan fingerprint density at radius 1 is 1.44 bits per heavy atom. The molecule has 0 aliphatic carbocycles. The number of nitrogens with zero attached hydrogens (tertiary/aromatic N) is 3. The highest BCUT2D eigenvalue weighted by molar-refractivity contribution is 7.13. The van der Waals surface area contributed by atoms with Gasteiger partial charge in [0.2, 0.25) is 5.13 Å². The van der Waals surface area contributed by atoms with Crippen LogP contribution in [0.3, 0.4) is 0 Å². The van der Waals surface area contributed by atoms with Crippen molar-refractivity contribution in [3.8, 4) is 5.13 Å². The second-order valence-electron chi connectivity index (χ2n) is 3.61. The molecule has 0 bridgehead atoms. The highest BCUT2D eigenvalue weighted by Gasteiger charge is 2.13. The zero-order valence-corrected chi connectivity index (χ0v) is 10.3. The van der Waals surface area contributed by atoms with Crippen LogP contribution in [0.2, 0.25) is 0 Å². The molecule has 5 heteroatoms. The van der Waals surface area contributed by atoms with E-state index in [0.717, 1.165) is 34.2 Å². The maximum atomic E-state index is 10.8. The van der Waals surface area contributed by atoms with Crippen molar-refractivity contribution >= 4 is 17.6 Å². The summed E-state index contributed by atoms with van der Waals surface area (Å²) in [6.45, 7) is 5.94. The Morgan fingerprint density at radius 3 is 2.69 bits per heavy atom. The van der Waals surface area contributed by atoms with Gasteiger partial charge in [0.05, 0.1) is 0 Å². The van der Waals surface area contributed by atoms with Crippen LogP contribution in [0.4, 0.5) is 0 Å². The van der Waals surface area contributed by atoms with E-state index in [1.165, 1.54) is 0 Å². The van der Waals surface area contributed by atoms with Gasteiger partial charge in [0.1, 0.15) is 5.01 Å². The number of aryl methyl sites for hydroxylation is 2. The maximum Gasteiger partial charge on any atom is 0.216 e. The van der Waals surface area contributed by atoms with Crippen molar-refractivity contribution in [1.82, 2.24) is 14.8 Å². The van der Waals surface area contributed by atoms with Crippen LogP contribution in [0.15, 0.2) is 6.07 Å². The average molecular weight is 235 g/mol. The lowest BCUT2D eigenvalue weighted by Gasteiger charge is -2.02. The summed E-state index contributed by atoms with van der Waals surface area (Å²) >= 11 is 1.56. The van der Waals surface area contributed by atoms with Crippen LogP contribution in [0.1, 0.15) is 33.7 Å². The van der Waals surface area contributed by atoms with Crippen LogP contribution in [0.25, 0.3) is 5.13 Å². The van der Waals surface area contributed by atoms with Crippen LogP contribution in [0.5, 0.6) is 0 Å². The largest absolute Gasteiger partial charge is 0.298 e. The lowest BCUT2D eigenvalue weighted by atomic mass is 10.3. The molecule has 2 aromatic rings. The van der Waals surface area contributed by atoms with Crippen molar-refractivity contribution < 1.29 is 4.79 Å². The number of carbonyl (C=O) groups is 1. The van der Waals surface area contributed by atoms with Crippen LogP contribution >= 0.6 is 11.3 Å². The van der Waals surface area contributed by atoms with E-state index in [2.05, 4.69) is 17.1 Å². The van der Waals surface area contributed by atoms with Gasteiger partial charge in [0, 0.05) is 17.0 Å². The minimum atomic E-state index is 0.714. The van der Waals surface area contributed by atoms with Crippen molar-refractivity contribution in [2.24, 2.45) is 0 Å². The molecule has 0 aliphatic heterocycles. The van der Waals surface area contributed by atoms with Crippen molar-refractivity contribution in [3.05, 3.63) is 28.0 Å². The molecule has 0 aromatic carbocycles. The van der Waals surface area contributed by atoms with E-state index in [0.29, 0.717) is 5.56 Å². The van der Waals surface area contributed by atoms with E-state index in [4.69, 9.17) is 0 Å². The molecular weight excluding hydrogens is 222 g/mol. The average Bonchev–Trinajstić information content (AvgIpc) is 2.83. The van der Waals surface area contributed by atoms with Gasteiger partial charge in [0.15, 0.2) is 6.29 Å². The predicted octanol–water partition coefficient (Wildman–Crippen LogP) is 2.32. The smallest absolute Gasteiger partial charge is 0.216 e. The molecule has 0 saturated carbocycles. The van der Waals surface area contributed by atoms with Crippen molar-refractivity contribution in [3.63, 3.8) is 0 Å². The number of hydrogen-bond acceptors (Lipinski definition) is 4. The fourth-order valence-corrected chi connectivity index (χ4v) is 2.57. The van der Waals surface area contributed by atoms with Gasteiger partial charge >= 0.3 is 0 Å². The highest BCUT2D eigenvalue weighted by atomic mass is 32.1. The molecule has 84 valence electrons. The predicted molar refractivity (Wildman–Crippen MR) is 63.5 cm³/mol. The second kappa shape index (κ2) is 4.17. The van der Waals surface area contributed by atoms with Gasteiger partial charge in [-0.15, -0.1) is 10.2 Å². The summed E-state index contributed by atoms with van der Waals surface area (Å²) in [5.74, 6) is 0. The Morgan fingerprint density at radius 2 is 2.19 bits per heavy atom. The van der Waals surface area contributed by atoms with Gasteiger partial charge in [-0.2, -0.15) is 0 Å². The summed E-state index contributed by atoms with van der Waals surface area (Å²) in [4.78, 5) is 10.8. The minimum Gasteiger partial charge on any atom is -0.298 e. The van der Waals surface area contributed by atoms with Gasteiger partial charge in [-0.05, 0) is 26.3 Å². The quantitative estimate of drug-likeness (QED) is 0.767. The number of aromatic nitrogens is 3. The highest BCUT2D eigenvalue weighted by Crippen LogP contribution is 2.22. The molecule has 0 atom stereocenters. The van der Waals surface area contributed by atoms with Crippen molar-refractivity contribution in [2.75, 3.05) is 0 Å². The lowest BCUT2D eigenvalue weighted by Crippen LogP contribution is -1.98. The van der Waals surface area contributed by atoms with Crippen LogP contribution in [-0.2, 0) is 6.42 Å². The van der Waals surface area contributed by atoms with Crippen LogP contribution in [-0.4, -0.2) is 21.1 Å². The first-order valence-corrected chi connectivity index (χ1v) is 5.96. The Kier molecular flexibility index (Phi) is 2.87. The normalized spacial score (nSPS) is 10.7. The maximum absolute atomic E-state index is 10.8. The third-order valence-corrected chi connectivity index (χ3v) is 3.60. The van der Waals surface area contributed by atoms with E-state index in [9.17, 15) is 4.79 Å². The van der Waals surface area contributed by atoms with Gasteiger partial charge in [0.25, 0.3) is 0 Å². The zero-order valence-electron chi connectivity index (χ0n) is 9.52. The molecule has 0 amide bonds. The molecule has 0 saturated heterocycles. The monoisotopic (exact) mass is 235 g/mol. The summed E-state index contributed by atoms with van der Waals surface area (Å²) in [6, 6.07) is 1.87. The molecule has 2 heterocycles. The molecule has 0 N–H and O–H groups in total. The topological polar surface area (TPSA) is 47.8 Å². The van der Waals surface area contributed by atoms with Gasteiger partial charge in [-0.1, -0.05) is 18.3 Å². The summed E-state index contributed by atoms with van der Waals surface area (Å²) in [7, 11) is 0. The fraction of sp³-hybridized carbons (Fsp3) is 0.364. The zero-order chi connectivity index (χ0) is 11.7. The number of aldehydes is 1. The molecule has 2 rings (SSSR count). The van der Waals surface area contributed by atoms with Crippen molar-refractivity contribution in [1.29, 1.82) is 0 Å². The summed E-state index contributed by atoms with van der Waals surface area (Å²) in [6.07, 6.45) is 1.76. The summed E-state index contributed by atoms with van der Waals surface area (Å²) in [5, 5.41) is 10.1. The third-order valence-electron chi connectivity index (χ3n) is 2.55. The third kappa shape index (κ3) is 1.67. The first-order chi connectivity index (χ1) is 7.67. The molecule has 0 aliphatic rings. The van der Waals surface area contributed by atoms with E-state index in [1.807, 2.05) is 24.5 Å². The molecule has 0 radical (unpaired) electrons. The fourth-order valence-electron chi connectivity index (χ4n) is 1.68. The molecular formula is C11H13N3OS. The van der Waals surface area contributed by atoms with Crippen LogP contribution in [0, 0.1) is 13.8 Å². The molecule has 2 aromatic heterocycles. The van der Waals surface area contributed by atoms with Crippen LogP contribution < -0.4 is 0 Å². The molecule has 0 unspecified atom stereocenters. The first kappa shape index (κ1) is 11.0. The lowest BCUT2D eigenvalue weighted by molar-refractivity contribution is 0.112. The number of hydrogen-bond donors (Lipinski definition) is 0. The SMILES string of the molecule is CCc1nnc(-n2c(C)cc(C=O)c2C)s1. The number of rotatable bonds is 3. The molecule has 0 spiro atoms. The number of carbonyl (C=O) groups excluding carboxylic acids is 1. The van der Waals surface area contributed by atoms with Gasteiger partial charge < -0.3 is 0 Å². The van der Waals surface area contributed by atoms with Gasteiger partial charge in [-0.25, -0.2) is 0 Å². The van der Waals surface area contributed by atoms with Gasteiger partial charge in [-0.3, -0.25) is 9.36 Å². The summed E-state index contributed by atoms with van der Waals surface area (Å²) < 4.78 is 1.97. The van der Waals surface area contributed by atoms with E-state index in [1.54, 1.807) is 11.3 Å².